The molecule has 86 valence electrons. The molecular formula is C12H17F3. The SMILES string of the molecule is CC(C)(C)C1(C(F)(F)F)CC2C=CC1C2. The predicted octanol–water partition coefficient (Wildman–Crippen LogP) is 4.18. The van der Waals surface area contributed by atoms with Gasteiger partial charge in [0, 0.05) is 0 Å². The quantitative estimate of drug-likeness (QED) is 0.535. The first-order valence-electron chi connectivity index (χ1n) is 5.43. The van der Waals surface area contributed by atoms with E-state index >= 15 is 0 Å². The molecule has 2 aliphatic rings. The smallest absolute Gasteiger partial charge is 0.170 e. The summed E-state index contributed by atoms with van der Waals surface area (Å²) in [5, 5.41) is 0. The molecule has 0 N–H and O–H groups in total. The van der Waals surface area contributed by atoms with Gasteiger partial charge in [0.1, 0.15) is 0 Å². The van der Waals surface area contributed by atoms with Gasteiger partial charge in [0.05, 0.1) is 5.41 Å². The second-order valence-corrected chi connectivity index (χ2v) is 5.91. The van der Waals surface area contributed by atoms with Crippen molar-refractivity contribution in [2.45, 2.75) is 39.8 Å². The molecule has 0 aliphatic heterocycles. The van der Waals surface area contributed by atoms with Crippen LogP contribution in [0.5, 0.6) is 0 Å². The Kier molecular flexibility index (Phi) is 2.06. The molecule has 0 saturated heterocycles. The van der Waals surface area contributed by atoms with Gasteiger partial charge < -0.3 is 0 Å². The van der Waals surface area contributed by atoms with Gasteiger partial charge in [-0.3, -0.25) is 0 Å². The van der Waals surface area contributed by atoms with Gasteiger partial charge in [0.25, 0.3) is 0 Å². The molecule has 1 fully saturated rings. The molecule has 0 aromatic heterocycles. The lowest BCUT2D eigenvalue weighted by atomic mass is 9.59. The molecule has 0 nitrogen and oxygen atoms in total. The molecule has 0 heterocycles. The van der Waals surface area contributed by atoms with Gasteiger partial charge in [0.15, 0.2) is 0 Å². The fourth-order valence-corrected chi connectivity index (χ4v) is 3.47. The summed E-state index contributed by atoms with van der Waals surface area (Å²) in [6, 6.07) is 0. The van der Waals surface area contributed by atoms with E-state index in [1.165, 1.54) is 0 Å². The first-order valence-corrected chi connectivity index (χ1v) is 5.43. The Hall–Kier alpha value is -0.470. The lowest BCUT2D eigenvalue weighted by molar-refractivity contribution is -0.268. The molecule has 0 amide bonds. The molecule has 0 aromatic rings. The second-order valence-electron chi connectivity index (χ2n) is 5.91. The Morgan fingerprint density at radius 3 is 1.93 bits per heavy atom. The van der Waals surface area contributed by atoms with Crippen LogP contribution in [0, 0.1) is 22.7 Å². The van der Waals surface area contributed by atoms with Crippen LogP contribution >= 0.6 is 0 Å². The first-order chi connectivity index (χ1) is 6.68. The van der Waals surface area contributed by atoms with E-state index in [4.69, 9.17) is 0 Å². The van der Waals surface area contributed by atoms with Crippen LogP contribution in [0.3, 0.4) is 0 Å². The van der Waals surface area contributed by atoms with Crippen LogP contribution in [0.2, 0.25) is 0 Å². The Labute approximate surface area is 88.5 Å². The topological polar surface area (TPSA) is 0 Å². The van der Waals surface area contributed by atoms with Crippen LogP contribution in [-0.4, -0.2) is 6.18 Å². The van der Waals surface area contributed by atoms with Crippen molar-refractivity contribution >= 4 is 0 Å². The summed E-state index contributed by atoms with van der Waals surface area (Å²) >= 11 is 0. The summed E-state index contributed by atoms with van der Waals surface area (Å²) in [5.41, 5.74) is -2.21. The Morgan fingerprint density at radius 1 is 1.13 bits per heavy atom. The van der Waals surface area contributed by atoms with Crippen molar-refractivity contribution < 1.29 is 13.2 Å². The van der Waals surface area contributed by atoms with Crippen LogP contribution in [0.1, 0.15) is 33.6 Å². The number of fused-ring (bicyclic) bond motifs is 2. The second kappa shape index (κ2) is 2.80. The van der Waals surface area contributed by atoms with Crippen LogP contribution in [-0.2, 0) is 0 Å². The molecule has 0 aromatic carbocycles. The molecule has 2 bridgehead atoms. The minimum Gasteiger partial charge on any atom is -0.170 e. The van der Waals surface area contributed by atoms with Crippen molar-refractivity contribution in [1.82, 2.24) is 0 Å². The monoisotopic (exact) mass is 218 g/mol. The van der Waals surface area contributed by atoms with E-state index in [0.717, 1.165) is 0 Å². The first kappa shape index (κ1) is 11.0. The summed E-state index contributed by atoms with van der Waals surface area (Å²) in [6.45, 7) is 5.15. The average Bonchev–Trinajstić information content (AvgIpc) is 2.57. The summed E-state index contributed by atoms with van der Waals surface area (Å²) in [4.78, 5) is 0. The van der Waals surface area contributed by atoms with Crippen LogP contribution < -0.4 is 0 Å². The maximum absolute atomic E-state index is 13.3. The summed E-state index contributed by atoms with van der Waals surface area (Å²) in [5.74, 6) is -0.154. The fraction of sp³-hybridized carbons (Fsp3) is 0.833. The van der Waals surface area contributed by atoms with Gasteiger partial charge in [0.2, 0.25) is 0 Å². The average molecular weight is 218 g/mol. The van der Waals surface area contributed by atoms with Crippen molar-refractivity contribution in [3.05, 3.63) is 12.2 Å². The highest BCUT2D eigenvalue weighted by molar-refractivity contribution is 5.20. The minimum absolute atomic E-state index is 0.149. The van der Waals surface area contributed by atoms with Crippen molar-refractivity contribution in [3.8, 4) is 0 Å². The Morgan fingerprint density at radius 2 is 1.73 bits per heavy atom. The standard InChI is InChI=1S/C12H17F3/c1-10(2,3)11(12(13,14)15)7-8-4-5-9(11)6-8/h4-5,8-9H,6-7H2,1-3H3. The van der Waals surface area contributed by atoms with Crippen LogP contribution in [0.4, 0.5) is 13.2 Å². The van der Waals surface area contributed by atoms with E-state index in [1.807, 2.05) is 6.08 Å². The molecule has 3 heteroatoms. The Balaban J connectivity index is 2.47. The number of hydrogen-bond donors (Lipinski definition) is 0. The highest BCUT2D eigenvalue weighted by Gasteiger charge is 2.68. The normalized spacial score (nSPS) is 40.1. The van der Waals surface area contributed by atoms with E-state index in [-0.39, 0.29) is 18.3 Å². The number of hydrogen-bond acceptors (Lipinski definition) is 0. The zero-order valence-electron chi connectivity index (χ0n) is 9.36. The van der Waals surface area contributed by atoms with Gasteiger partial charge in [-0.15, -0.1) is 0 Å². The largest absolute Gasteiger partial charge is 0.395 e. The molecule has 3 atom stereocenters. The summed E-state index contributed by atoms with van der Waals surface area (Å²) < 4.78 is 40.0. The highest BCUT2D eigenvalue weighted by Crippen LogP contribution is 2.66. The van der Waals surface area contributed by atoms with Gasteiger partial charge in [-0.1, -0.05) is 32.9 Å². The van der Waals surface area contributed by atoms with Gasteiger partial charge >= 0.3 is 6.18 Å². The van der Waals surface area contributed by atoms with Crippen LogP contribution in [0.25, 0.3) is 0 Å². The number of halogens is 3. The predicted molar refractivity (Wildman–Crippen MR) is 53.3 cm³/mol. The van der Waals surface area contributed by atoms with Crippen LogP contribution in [0.15, 0.2) is 12.2 Å². The number of alkyl halides is 3. The third kappa shape index (κ3) is 1.28. The van der Waals surface area contributed by atoms with Crippen molar-refractivity contribution in [1.29, 1.82) is 0 Å². The van der Waals surface area contributed by atoms with E-state index in [9.17, 15) is 13.2 Å². The zero-order valence-corrected chi connectivity index (χ0v) is 9.36. The number of rotatable bonds is 0. The lowest BCUT2D eigenvalue weighted by Crippen LogP contribution is -2.50. The molecule has 15 heavy (non-hydrogen) atoms. The summed E-state index contributed by atoms with van der Waals surface area (Å²) in [6.07, 6.45) is 0.626. The lowest BCUT2D eigenvalue weighted by Gasteiger charge is -2.47. The van der Waals surface area contributed by atoms with Crippen molar-refractivity contribution in [2.24, 2.45) is 22.7 Å². The highest BCUT2D eigenvalue weighted by atomic mass is 19.4. The third-order valence-electron chi connectivity index (χ3n) is 4.23. The fourth-order valence-electron chi connectivity index (χ4n) is 3.47. The van der Waals surface area contributed by atoms with Gasteiger partial charge in [-0.25, -0.2) is 0 Å². The molecule has 3 unspecified atom stereocenters. The molecule has 1 saturated carbocycles. The maximum atomic E-state index is 13.3. The molecule has 0 spiro atoms. The molecular weight excluding hydrogens is 201 g/mol. The molecule has 2 aliphatic carbocycles. The zero-order chi connectivity index (χ0) is 11.5. The van der Waals surface area contributed by atoms with E-state index < -0.39 is 17.0 Å². The molecule has 0 radical (unpaired) electrons. The number of allylic oxidation sites excluding steroid dienone is 2. The van der Waals surface area contributed by atoms with Gasteiger partial charge in [-0.2, -0.15) is 13.2 Å². The Bertz CT molecular complexity index is 279. The van der Waals surface area contributed by atoms with E-state index in [2.05, 4.69) is 0 Å². The minimum atomic E-state index is -4.09. The van der Waals surface area contributed by atoms with Crippen molar-refractivity contribution in [2.75, 3.05) is 0 Å². The van der Waals surface area contributed by atoms with Crippen molar-refractivity contribution in [3.63, 3.8) is 0 Å². The van der Waals surface area contributed by atoms with E-state index in [1.54, 1.807) is 26.8 Å². The third-order valence-corrected chi connectivity index (χ3v) is 4.23. The maximum Gasteiger partial charge on any atom is 0.395 e. The van der Waals surface area contributed by atoms with E-state index in [0.29, 0.717) is 6.42 Å². The molecule has 2 rings (SSSR count). The van der Waals surface area contributed by atoms with Gasteiger partial charge in [-0.05, 0) is 30.1 Å². The summed E-state index contributed by atoms with van der Waals surface area (Å²) in [7, 11) is 0.